The minimum atomic E-state index is -5.08. The van der Waals surface area contributed by atoms with Gasteiger partial charge in [-0.15, -0.1) is 0 Å². The zero-order chi connectivity index (χ0) is 28.2. The summed E-state index contributed by atoms with van der Waals surface area (Å²) in [6.07, 6.45) is -4.16. The number of halogens is 5. The normalized spacial score (nSPS) is 10.9. The van der Waals surface area contributed by atoms with Crippen molar-refractivity contribution in [1.82, 2.24) is 15.0 Å². The van der Waals surface area contributed by atoms with Crippen LogP contribution in [0.15, 0.2) is 45.7 Å². The number of H-pyrrole nitrogens is 1. The van der Waals surface area contributed by atoms with Crippen molar-refractivity contribution in [3.05, 3.63) is 68.8 Å². The van der Waals surface area contributed by atoms with Gasteiger partial charge in [-0.1, -0.05) is 0 Å². The average Bonchev–Trinajstić information content (AvgIpc) is 3.20. The Bertz CT molecular complexity index is 1570. The Kier molecular flexibility index (Phi) is 7.73. The zero-order valence-electron chi connectivity index (χ0n) is 18.6. The standard InChI is InChI=1S/C18H12F2N6O5.C2HF3O2/c1-30-15-9(19)3-4-10(14(15)20)23-17-21-7-12(26(28)29)16(25-17)22-8-2-5-13-11(6-8)24-18(27)31-13;3-2(4,5)1(6)7/h2-7H,1H3,(H,24,27)(H2,21,22,23,25);(H,6,7). The first kappa shape index (κ1) is 27.3. The Labute approximate surface area is 206 Å². The number of aromatic amines is 1. The van der Waals surface area contributed by atoms with Crippen LogP contribution in [-0.4, -0.2) is 44.2 Å². The number of benzene rings is 2. The zero-order valence-corrected chi connectivity index (χ0v) is 18.6. The first-order chi connectivity index (χ1) is 17.8. The van der Waals surface area contributed by atoms with Gasteiger partial charge in [-0.2, -0.15) is 18.2 Å². The number of rotatable bonds is 6. The lowest BCUT2D eigenvalue weighted by molar-refractivity contribution is -0.384. The molecule has 4 N–H and O–H groups in total. The van der Waals surface area contributed by atoms with Gasteiger partial charge in [0.25, 0.3) is 0 Å². The third kappa shape index (κ3) is 6.28. The number of aliphatic carboxylic acids is 1. The minimum absolute atomic E-state index is 0.196. The topological polar surface area (TPSA) is 186 Å². The summed E-state index contributed by atoms with van der Waals surface area (Å²) in [7, 11) is 1.11. The highest BCUT2D eigenvalue weighted by atomic mass is 19.4. The Morgan fingerprint density at radius 3 is 2.50 bits per heavy atom. The third-order valence-electron chi connectivity index (χ3n) is 4.39. The van der Waals surface area contributed by atoms with Crippen LogP contribution in [0.2, 0.25) is 0 Å². The molecular formula is C20H13F5N6O7. The van der Waals surface area contributed by atoms with Crippen LogP contribution < -0.4 is 21.1 Å². The van der Waals surface area contributed by atoms with Gasteiger partial charge in [0, 0.05) is 5.69 Å². The number of nitro groups is 1. The van der Waals surface area contributed by atoms with E-state index in [1.54, 1.807) is 0 Å². The predicted octanol–water partition coefficient (Wildman–Crippen LogP) is 4.23. The predicted molar refractivity (Wildman–Crippen MR) is 119 cm³/mol. The van der Waals surface area contributed by atoms with Crippen LogP contribution in [0.25, 0.3) is 11.1 Å². The molecule has 0 bridgehead atoms. The van der Waals surface area contributed by atoms with E-state index in [0.717, 1.165) is 25.4 Å². The molecule has 0 atom stereocenters. The monoisotopic (exact) mass is 544 g/mol. The minimum Gasteiger partial charge on any atom is -0.491 e. The van der Waals surface area contributed by atoms with Crippen LogP contribution in [0.3, 0.4) is 0 Å². The second-order valence-corrected chi connectivity index (χ2v) is 6.91. The van der Waals surface area contributed by atoms with E-state index < -0.39 is 45.9 Å². The molecule has 13 nitrogen and oxygen atoms in total. The maximum absolute atomic E-state index is 14.4. The van der Waals surface area contributed by atoms with Gasteiger partial charge in [0.2, 0.25) is 11.8 Å². The summed E-state index contributed by atoms with van der Waals surface area (Å²) >= 11 is 0. The summed E-state index contributed by atoms with van der Waals surface area (Å²) in [4.78, 5) is 41.1. The molecule has 38 heavy (non-hydrogen) atoms. The van der Waals surface area contributed by atoms with Gasteiger partial charge in [0.1, 0.15) is 6.20 Å². The van der Waals surface area contributed by atoms with E-state index >= 15 is 0 Å². The number of hydrogen-bond acceptors (Lipinski definition) is 10. The van der Waals surface area contributed by atoms with Gasteiger partial charge in [0.15, 0.2) is 23.0 Å². The molecule has 0 aliphatic rings. The van der Waals surface area contributed by atoms with Crippen molar-refractivity contribution in [3.63, 3.8) is 0 Å². The highest BCUT2D eigenvalue weighted by Gasteiger charge is 2.38. The van der Waals surface area contributed by atoms with Crippen molar-refractivity contribution in [1.29, 1.82) is 0 Å². The van der Waals surface area contributed by atoms with Gasteiger partial charge in [-0.25, -0.2) is 23.4 Å². The SMILES string of the molecule is COc1c(F)ccc(Nc2ncc([N+](=O)[O-])c(Nc3ccc4oc(=O)[nH]c4c3)n2)c1F.O=C(O)C(F)(F)F. The van der Waals surface area contributed by atoms with Crippen LogP contribution >= 0.6 is 0 Å². The largest absolute Gasteiger partial charge is 0.491 e. The molecule has 0 saturated carbocycles. The Hall–Kier alpha value is -5.29. The summed E-state index contributed by atoms with van der Waals surface area (Å²) in [6, 6.07) is 6.58. The molecule has 2 aromatic heterocycles. The molecule has 0 spiro atoms. The molecule has 200 valence electrons. The van der Waals surface area contributed by atoms with Crippen molar-refractivity contribution in [2.45, 2.75) is 6.18 Å². The molecule has 18 heteroatoms. The number of nitrogens with one attached hydrogen (secondary N) is 3. The fraction of sp³-hybridized carbons (Fsp3) is 0.100. The van der Waals surface area contributed by atoms with Crippen LogP contribution in [-0.2, 0) is 4.79 Å². The van der Waals surface area contributed by atoms with Crippen LogP contribution in [0.5, 0.6) is 5.75 Å². The number of anilines is 4. The van der Waals surface area contributed by atoms with Crippen LogP contribution in [0.1, 0.15) is 0 Å². The summed E-state index contributed by atoms with van der Waals surface area (Å²) < 4.78 is 69.3. The molecule has 0 saturated heterocycles. The van der Waals surface area contributed by atoms with E-state index in [9.17, 15) is 36.9 Å². The number of nitrogens with zero attached hydrogens (tertiary/aromatic N) is 3. The molecule has 4 aromatic rings. The molecule has 2 aromatic carbocycles. The maximum atomic E-state index is 14.4. The summed E-state index contributed by atoms with van der Waals surface area (Å²) in [5, 5.41) is 23.8. The van der Waals surface area contributed by atoms with Crippen molar-refractivity contribution < 1.29 is 45.9 Å². The van der Waals surface area contributed by atoms with E-state index in [2.05, 4.69) is 30.3 Å². The summed E-state index contributed by atoms with van der Waals surface area (Å²) in [5.74, 6) is -6.33. The number of aromatic nitrogens is 3. The van der Waals surface area contributed by atoms with Crippen molar-refractivity contribution in [2.24, 2.45) is 0 Å². The van der Waals surface area contributed by atoms with Crippen molar-refractivity contribution in [2.75, 3.05) is 17.7 Å². The lowest BCUT2D eigenvalue weighted by atomic mass is 10.2. The number of oxazole rings is 1. The van der Waals surface area contributed by atoms with Gasteiger partial charge >= 0.3 is 23.6 Å². The molecule has 0 aliphatic heterocycles. The molecule has 0 radical (unpaired) electrons. The Morgan fingerprint density at radius 1 is 1.21 bits per heavy atom. The first-order valence-electron chi connectivity index (χ1n) is 9.80. The molecule has 4 rings (SSSR count). The number of hydrogen-bond donors (Lipinski definition) is 4. The number of carbonyl (C=O) groups is 1. The quantitative estimate of drug-likeness (QED) is 0.155. The lowest BCUT2D eigenvalue weighted by Gasteiger charge is -2.11. The molecule has 0 aliphatic carbocycles. The van der Waals surface area contributed by atoms with Gasteiger partial charge < -0.3 is 24.9 Å². The van der Waals surface area contributed by atoms with Crippen molar-refractivity contribution in [3.8, 4) is 5.75 Å². The molecule has 0 amide bonds. The Balaban J connectivity index is 0.000000505. The van der Waals surface area contributed by atoms with Gasteiger partial charge in [-0.05, 0) is 30.3 Å². The number of ether oxygens (including phenoxy) is 1. The molecule has 0 unspecified atom stereocenters. The van der Waals surface area contributed by atoms with E-state index in [-0.39, 0.29) is 17.5 Å². The van der Waals surface area contributed by atoms with E-state index in [1.807, 2.05) is 0 Å². The second-order valence-electron chi connectivity index (χ2n) is 6.91. The number of carboxylic acid groups (broad SMARTS) is 1. The average molecular weight is 544 g/mol. The maximum Gasteiger partial charge on any atom is 0.490 e. The number of alkyl halides is 3. The molecule has 2 heterocycles. The highest BCUT2D eigenvalue weighted by molar-refractivity contribution is 5.79. The summed E-state index contributed by atoms with van der Waals surface area (Å²) in [6.45, 7) is 0. The van der Waals surface area contributed by atoms with E-state index in [1.165, 1.54) is 18.2 Å². The first-order valence-corrected chi connectivity index (χ1v) is 9.80. The van der Waals surface area contributed by atoms with Crippen LogP contribution in [0.4, 0.5) is 50.8 Å². The molecular weight excluding hydrogens is 531 g/mol. The van der Waals surface area contributed by atoms with Gasteiger partial charge in [0.05, 0.1) is 23.2 Å². The highest BCUT2D eigenvalue weighted by Crippen LogP contribution is 2.31. The summed E-state index contributed by atoms with van der Waals surface area (Å²) in [5.41, 5.74) is 0.368. The smallest absolute Gasteiger partial charge is 0.490 e. The van der Waals surface area contributed by atoms with E-state index in [4.69, 9.17) is 14.3 Å². The van der Waals surface area contributed by atoms with E-state index in [0.29, 0.717) is 16.8 Å². The van der Waals surface area contributed by atoms with Crippen LogP contribution in [0, 0.1) is 21.7 Å². The third-order valence-corrected chi connectivity index (χ3v) is 4.39. The number of carboxylic acids is 1. The molecule has 0 fully saturated rings. The fourth-order valence-corrected chi connectivity index (χ4v) is 2.76. The Morgan fingerprint density at radius 2 is 1.89 bits per heavy atom. The lowest BCUT2D eigenvalue weighted by Crippen LogP contribution is -2.21. The number of methoxy groups -OCH3 is 1. The van der Waals surface area contributed by atoms with Gasteiger partial charge in [-0.3, -0.25) is 15.1 Å². The van der Waals surface area contributed by atoms with Crippen molar-refractivity contribution >= 4 is 45.9 Å². The number of fused-ring (bicyclic) bond motifs is 1. The fourth-order valence-electron chi connectivity index (χ4n) is 2.76. The second kappa shape index (κ2) is 10.8.